The van der Waals surface area contributed by atoms with Crippen molar-refractivity contribution in [3.8, 4) is 0 Å². The predicted octanol–water partition coefficient (Wildman–Crippen LogP) is 3.33. The molecule has 1 aliphatic rings. The molecular formula is C10H16BrN2S. The van der Waals surface area contributed by atoms with E-state index in [-0.39, 0.29) is 5.41 Å². The summed E-state index contributed by atoms with van der Waals surface area (Å²) in [6.07, 6.45) is 1.79. The van der Waals surface area contributed by atoms with E-state index in [1.807, 2.05) is 0 Å². The summed E-state index contributed by atoms with van der Waals surface area (Å²) in [5, 5.41) is 4.03. The average molecular weight is 276 g/mol. The van der Waals surface area contributed by atoms with E-state index in [4.69, 9.17) is 0 Å². The summed E-state index contributed by atoms with van der Waals surface area (Å²) in [7, 11) is 0. The lowest BCUT2D eigenvalue weighted by molar-refractivity contribution is 0.356. The first-order chi connectivity index (χ1) is 6.35. The van der Waals surface area contributed by atoms with Gasteiger partial charge in [0.15, 0.2) is 5.37 Å². The van der Waals surface area contributed by atoms with Crippen molar-refractivity contribution in [2.24, 2.45) is 16.3 Å². The van der Waals surface area contributed by atoms with Gasteiger partial charge in [-0.25, -0.2) is 4.99 Å². The van der Waals surface area contributed by atoms with Crippen molar-refractivity contribution in [1.82, 2.24) is 5.32 Å². The summed E-state index contributed by atoms with van der Waals surface area (Å²) in [4.78, 5) is 4.38. The highest BCUT2D eigenvalue weighted by Crippen LogP contribution is 2.32. The lowest BCUT2D eigenvalue weighted by Gasteiger charge is -2.34. The van der Waals surface area contributed by atoms with Crippen LogP contribution in [0.15, 0.2) is 15.7 Å². The summed E-state index contributed by atoms with van der Waals surface area (Å²) in [5.74, 6) is 1.50. The molecule has 0 aromatic carbocycles. The molecule has 0 amide bonds. The van der Waals surface area contributed by atoms with Crippen molar-refractivity contribution < 1.29 is 0 Å². The number of nitrogens with one attached hydrogen (secondary N) is 1. The number of thiol groups is 1. The number of rotatable bonds is 2. The molecule has 1 N–H and O–H groups in total. The summed E-state index contributed by atoms with van der Waals surface area (Å²) in [6.45, 7) is 8.74. The zero-order valence-corrected chi connectivity index (χ0v) is 11.4. The minimum absolute atomic E-state index is 0.0399. The maximum absolute atomic E-state index is 4.38. The second-order valence-corrected chi connectivity index (χ2v) is 5.61. The van der Waals surface area contributed by atoms with E-state index in [9.17, 15) is 0 Å². The molecule has 0 atom stereocenters. The van der Waals surface area contributed by atoms with Crippen LogP contribution in [-0.2, 0) is 0 Å². The molecule has 0 saturated carbocycles. The summed E-state index contributed by atoms with van der Waals surface area (Å²) >= 11 is 7.69. The second-order valence-electron chi connectivity index (χ2n) is 4.30. The molecule has 0 unspecified atom stereocenters. The molecule has 0 fully saturated rings. The summed E-state index contributed by atoms with van der Waals surface area (Å²) in [5.41, 5.74) is 0.0399. The lowest BCUT2D eigenvalue weighted by Crippen LogP contribution is -2.42. The molecule has 4 heteroatoms. The van der Waals surface area contributed by atoms with Crippen LogP contribution in [0.25, 0.3) is 0 Å². The van der Waals surface area contributed by atoms with Crippen LogP contribution in [0.3, 0.4) is 0 Å². The van der Waals surface area contributed by atoms with Gasteiger partial charge in [-0.2, -0.15) is 0 Å². The quantitative estimate of drug-likeness (QED) is 0.743. The van der Waals surface area contributed by atoms with Crippen LogP contribution >= 0.6 is 28.6 Å². The van der Waals surface area contributed by atoms with Gasteiger partial charge < -0.3 is 5.32 Å². The van der Waals surface area contributed by atoms with Crippen molar-refractivity contribution in [2.45, 2.75) is 27.7 Å². The van der Waals surface area contributed by atoms with Gasteiger partial charge in [0.05, 0.1) is 4.48 Å². The van der Waals surface area contributed by atoms with Crippen LogP contribution in [-0.4, -0.2) is 5.84 Å². The van der Waals surface area contributed by atoms with Crippen molar-refractivity contribution in [1.29, 1.82) is 0 Å². The Morgan fingerprint density at radius 3 is 2.50 bits per heavy atom. The zero-order valence-electron chi connectivity index (χ0n) is 8.93. The van der Waals surface area contributed by atoms with E-state index in [0.717, 1.165) is 15.7 Å². The SMILES string of the molecule is CC(C)C(C)(C)C1=NC=C(Br)[C](S)N1. The molecule has 0 aliphatic carbocycles. The molecule has 1 heterocycles. The van der Waals surface area contributed by atoms with Gasteiger partial charge in [-0.05, 0) is 5.92 Å². The zero-order chi connectivity index (χ0) is 10.9. The Morgan fingerprint density at radius 1 is 1.50 bits per heavy atom. The smallest absolute Gasteiger partial charge is 0.153 e. The Labute approximate surface area is 99.8 Å². The highest BCUT2D eigenvalue weighted by Gasteiger charge is 2.31. The van der Waals surface area contributed by atoms with Crippen LogP contribution in [0.5, 0.6) is 0 Å². The Kier molecular flexibility index (Phi) is 3.69. The van der Waals surface area contributed by atoms with Crippen molar-refractivity contribution in [3.63, 3.8) is 0 Å². The largest absolute Gasteiger partial charge is 0.352 e. The van der Waals surface area contributed by atoms with Gasteiger partial charge in [0.2, 0.25) is 0 Å². The number of nitrogens with zero attached hydrogens (tertiary/aromatic N) is 1. The third-order valence-corrected chi connectivity index (χ3v) is 4.08. The van der Waals surface area contributed by atoms with Gasteiger partial charge in [-0.3, -0.25) is 0 Å². The Balaban J connectivity index is 2.91. The first-order valence-corrected chi connectivity index (χ1v) is 5.87. The van der Waals surface area contributed by atoms with Crippen LogP contribution < -0.4 is 5.32 Å². The number of halogens is 1. The molecule has 14 heavy (non-hydrogen) atoms. The Morgan fingerprint density at radius 2 is 2.07 bits per heavy atom. The standard InChI is InChI=1S/C10H16BrN2S/c1-6(2)10(3,4)9-12-5-7(11)8(14)13-9/h5-6,14H,1-4H3,(H,12,13). The minimum atomic E-state index is 0.0399. The van der Waals surface area contributed by atoms with E-state index in [1.54, 1.807) is 6.20 Å². The minimum Gasteiger partial charge on any atom is -0.352 e. The average Bonchev–Trinajstić information content (AvgIpc) is 2.09. The van der Waals surface area contributed by atoms with Gasteiger partial charge in [-0.15, -0.1) is 12.6 Å². The van der Waals surface area contributed by atoms with Crippen molar-refractivity contribution in [2.75, 3.05) is 0 Å². The fourth-order valence-corrected chi connectivity index (χ4v) is 1.35. The van der Waals surface area contributed by atoms with E-state index >= 15 is 0 Å². The van der Waals surface area contributed by atoms with Gasteiger partial charge in [0.1, 0.15) is 5.84 Å². The first kappa shape index (κ1) is 12.1. The second kappa shape index (κ2) is 4.27. The number of hydrogen-bond acceptors (Lipinski definition) is 3. The molecule has 1 rings (SSSR count). The maximum Gasteiger partial charge on any atom is 0.153 e. The Hall–Kier alpha value is 0.0400. The van der Waals surface area contributed by atoms with Crippen molar-refractivity contribution in [3.05, 3.63) is 16.1 Å². The van der Waals surface area contributed by atoms with Crippen LogP contribution in [0.2, 0.25) is 0 Å². The van der Waals surface area contributed by atoms with E-state index in [2.05, 4.69) is 66.6 Å². The number of amidine groups is 1. The number of aliphatic imine (C=N–C) groups is 1. The summed E-state index contributed by atoms with van der Waals surface area (Å²) in [6, 6.07) is 0. The number of hydrogen-bond donors (Lipinski definition) is 2. The molecule has 79 valence electrons. The molecule has 0 spiro atoms. The molecule has 0 aromatic rings. The molecule has 0 saturated heterocycles. The van der Waals surface area contributed by atoms with Crippen LogP contribution in [0.1, 0.15) is 27.7 Å². The molecule has 1 aliphatic heterocycles. The Bertz CT molecular complexity index is 282. The topological polar surface area (TPSA) is 24.4 Å². The van der Waals surface area contributed by atoms with Gasteiger partial charge in [-0.1, -0.05) is 43.6 Å². The molecular weight excluding hydrogens is 260 g/mol. The van der Waals surface area contributed by atoms with Crippen LogP contribution in [0.4, 0.5) is 0 Å². The van der Waals surface area contributed by atoms with Gasteiger partial charge >= 0.3 is 0 Å². The predicted molar refractivity (Wildman–Crippen MR) is 68.4 cm³/mol. The molecule has 1 radical (unpaired) electrons. The van der Waals surface area contributed by atoms with E-state index in [0.29, 0.717) is 5.92 Å². The third kappa shape index (κ3) is 2.34. The first-order valence-electron chi connectivity index (χ1n) is 4.63. The molecule has 0 aromatic heterocycles. The van der Waals surface area contributed by atoms with E-state index in [1.165, 1.54) is 0 Å². The molecule has 2 nitrogen and oxygen atoms in total. The fourth-order valence-electron chi connectivity index (χ4n) is 0.987. The van der Waals surface area contributed by atoms with Gasteiger partial charge in [0.25, 0.3) is 0 Å². The highest BCUT2D eigenvalue weighted by molar-refractivity contribution is 9.12. The van der Waals surface area contributed by atoms with Crippen molar-refractivity contribution >= 4 is 34.4 Å². The van der Waals surface area contributed by atoms with E-state index < -0.39 is 0 Å². The monoisotopic (exact) mass is 275 g/mol. The normalized spacial score (nSPS) is 19.1. The lowest BCUT2D eigenvalue weighted by atomic mass is 9.79. The van der Waals surface area contributed by atoms with Crippen LogP contribution in [0, 0.1) is 16.7 Å². The summed E-state index contributed by atoms with van der Waals surface area (Å²) < 4.78 is 0.893. The maximum atomic E-state index is 4.38. The molecule has 0 bridgehead atoms. The third-order valence-electron chi connectivity index (χ3n) is 2.82. The fraction of sp³-hybridized carbons (Fsp3) is 0.600. The van der Waals surface area contributed by atoms with Gasteiger partial charge in [0, 0.05) is 11.6 Å². The highest BCUT2D eigenvalue weighted by atomic mass is 79.9.